The van der Waals surface area contributed by atoms with Gasteiger partial charge in [0.1, 0.15) is 0 Å². The van der Waals surface area contributed by atoms with Crippen molar-refractivity contribution in [3.8, 4) is 0 Å². The average molecular weight is 365 g/mol. The van der Waals surface area contributed by atoms with Crippen LogP contribution in [0.4, 0.5) is 0 Å². The maximum absolute atomic E-state index is 10.8. The van der Waals surface area contributed by atoms with Crippen molar-refractivity contribution in [2.45, 2.75) is 20.8 Å². The first-order valence-corrected chi connectivity index (χ1v) is 3.83. The summed E-state index contributed by atoms with van der Waals surface area (Å²) >= 11 is 0. The van der Waals surface area contributed by atoms with E-state index in [1.54, 1.807) is 0 Å². The van der Waals surface area contributed by atoms with Crippen molar-refractivity contribution < 1.29 is 37.6 Å². The van der Waals surface area contributed by atoms with Gasteiger partial charge in [0.05, 0.1) is 5.56 Å². The molecule has 1 aromatic carbocycles. The Morgan fingerprint density at radius 3 is 1.85 bits per heavy atom. The Labute approximate surface area is 98.5 Å². The van der Waals surface area contributed by atoms with Crippen LogP contribution >= 0.6 is 0 Å². The molecule has 0 radical (unpaired) electrons. The molecule has 0 amide bonds. The fourth-order valence-corrected chi connectivity index (χ4v) is 1.52. The molecule has 0 fully saturated rings. The number of carbonyl (C=O) groups is 1. The molecule has 0 aliphatic carbocycles. The third-order valence-electron chi connectivity index (χ3n) is 1.89. The van der Waals surface area contributed by atoms with Crippen LogP contribution in [0.2, 0.25) is 0 Å². The summed E-state index contributed by atoms with van der Waals surface area (Å²) in [6.45, 7) is 5.61. The van der Waals surface area contributed by atoms with Gasteiger partial charge in [0.25, 0.3) is 0 Å². The zero-order valence-corrected chi connectivity index (χ0v) is 13.7. The number of aryl methyl sites for hydroxylation is 3. The molecule has 0 bridgehead atoms. The van der Waals surface area contributed by atoms with Crippen LogP contribution in [-0.2, 0) is 27.7 Å². The van der Waals surface area contributed by atoms with Crippen LogP contribution in [0.25, 0.3) is 0 Å². The molecule has 0 spiro atoms. The van der Waals surface area contributed by atoms with Gasteiger partial charge in [-0.05, 0) is 31.9 Å². The Morgan fingerprint density at radius 2 is 1.54 bits per heavy atom. The first-order valence-electron chi connectivity index (χ1n) is 3.83. The van der Waals surface area contributed by atoms with Gasteiger partial charge in [-0.25, -0.2) is 4.79 Å². The molecule has 66 valence electrons. The fraction of sp³-hybridized carbons (Fsp3) is 0.300. The molecule has 1 rings (SSSR count). The van der Waals surface area contributed by atoms with Crippen molar-refractivity contribution in [1.29, 1.82) is 0 Å². The number of benzene rings is 1. The minimum absolute atomic E-state index is 0. The standard InChI is InChI=1S/C10H12O2.Hg/c1-6-4-7(2)9(10(11)12)8(3)5-6;/h4-5H,1-3H3,(H,11,12);. The number of rotatable bonds is 1. The number of hydrogen-bond acceptors (Lipinski definition) is 1. The van der Waals surface area contributed by atoms with Crippen molar-refractivity contribution in [1.82, 2.24) is 0 Å². The van der Waals surface area contributed by atoms with Gasteiger partial charge in [-0.1, -0.05) is 17.7 Å². The Morgan fingerprint density at radius 1 is 1.15 bits per heavy atom. The van der Waals surface area contributed by atoms with Crippen LogP contribution < -0.4 is 0 Å². The molecule has 0 unspecified atom stereocenters. The summed E-state index contributed by atoms with van der Waals surface area (Å²) in [5.41, 5.74) is 3.20. The van der Waals surface area contributed by atoms with Crippen LogP contribution in [0, 0.1) is 20.8 Å². The van der Waals surface area contributed by atoms with Gasteiger partial charge >= 0.3 is 5.97 Å². The number of carboxylic acids is 1. The summed E-state index contributed by atoms with van der Waals surface area (Å²) in [6, 6.07) is 3.77. The Kier molecular flexibility index (Phi) is 4.61. The van der Waals surface area contributed by atoms with Gasteiger partial charge in [-0.2, -0.15) is 0 Å². The van der Waals surface area contributed by atoms with E-state index in [1.165, 1.54) is 0 Å². The number of carboxylic acid groups (broad SMARTS) is 1. The predicted octanol–water partition coefficient (Wildman–Crippen LogP) is 2.31. The molecule has 2 nitrogen and oxygen atoms in total. The van der Waals surface area contributed by atoms with Crippen LogP contribution in [0.3, 0.4) is 0 Å². The van der Waals surface area contributed by atoms with Gasteiger partial charge in [-0.15, -0.1) is 0 Å². The molecule has 0 saturated heterocycles. The van der Waals surface area contributed by atoms with E-state index >= 15 is 0 Å². The Hall–Kier alpha value is -0.375. The summed E-state index contributed by atoms with van der Waals surface area (Å²) in [6.07, 6.45) is 0. The molecule has 0 atom stereocenters. The summed E-state index contributed by atoms with van der Waals surface area (Å²) in [5, 5.41) is 8.84. The number of aromatic carboxylic acids is 1. The van der Waals surface area contributed by atoms with Gasteiger partial charge < -0.3 is 5.11 Å². The van der Waals surface area contributed by atoms with E-state index in [0.29, 0.717) is 5.56 Å². The number of hydrogen-bond donors (Lipinski definition) is 1. The quantitative estimate of drug-likeness (QED) is 0.776. The Balaban J connectivity index is 0.00000144. The zero-order chi connectivity index (χ0) is 9.30. The third-order valence-corrected chi connectivity index (χ3v) is 1.89. The second-order valence-electron chi connectivity index (χ2n) is 3.08. The summed E-state index contributed by atoms with van der Waals surface area (Å²) < 4.78 is 0. The molecule has 0 saturated carbocycles. The molecular formula is C10H12HgO2. The smallest absolute Gasteiger partial charge is 0.336 e. The van der Waals surface area contributed by atoms with Gasteiger partial charge in [0.2, 0.25) is 0 Å². The third kappa shape index (κ3) is 2.80. The zero-order valence-electron chi connectivity index (χ0n) is 8.22. The van der Waals surface area contributed by atoms with Crippen LogP contribution in [0.15, 0.2) is 12.1 Å². The minimum atomic E-state index is -0.843. The van der Waals surface area contributed by atoms with Crippen molar-refractivity contribution in [3.63, 3.8) is 0 Å². The molecule has 13 heavy (non-hydrogen) atoms. The largest absolute Gasteiger partial charge is 0.478 e. The minimum Gasteiger partial charge on any atom is -0.478 e. The maximum Gasteiger partial charge on any atom is 0.336 e. The molecule has 0 aromatic heterocycles. The second-order valence-corrected chi connectivity index (χ2v) is 3.08. The van der Waals surface area contributed by atoms with E-state index in [0.717, 1.165) is 16.7 Å². The van der Waals surface area contributed by atoms with Crippen molar-refractivity contribution >= 4 is 5.97 Å². The molecule has 0 aliphatic heterocycles. The normalized spacial score (nSPS) is 9.15. The van der Waals surface area contributed by atoms with E-state index in [9.17, 15) is 4.79 Å². The summed E-state index contributed by atoms with van der Waals surface area (Å²) in [7, 11) is 0. The topological polar surface area (TPSA) is 37.3 Å². The molecule has 1 N–H and O–H groups in total. The van der Waals surface area contributed by atoms with E-state index < -0.39 is 5.97 Å². The monoisotopic (exact) mass is 366 g/mol. The SMILES string of the molecule is Cc1cc(C)c(C(=O)O)c(C)c1.[Hg]. The van der Waals surface area contributed by atoms with E-state index in [4.69, 9.17) is 5.11 Å². The first-order chi connectivity index (χ1) is 5.52. The summed E-state index contributed by atoms with van der Waals surface area (Å²) in [5.74, 6) is -0.843. The molecular weight excluding hydrogens is 353 g/mol. The van der Waals surface area contributed by atoms with Gasteiger partial charge in [-0.3, -0.25) is 0 Å². The average Bonchev–Trinajstić information content (AvgIpc) is 1.82. The van der Waals surface area contributed by atoms with E-state index in [1.807, 2.05) is 32.9 Å². The van der Waals surface area contributed by atoms with Crippen molar-refractivity contribution in [3.05, 3.63) is 34.4 Å². The first kappa shape index (κ1) is 12.6. The van der Waals surface area contributed by atoms with Crippen LogP contribution in [0.5, 0.6) is 0 Å². The van der Waals surface area contributed by atoms with Gasteiger partial charge in [0.15, 0.2) is 0 Å². The van der Waals surface area contributed by atoms with E-state index in [2.05, 4.69) is 0 Å². The Bertz CT molecular complexity index is 309. The second kappa shape index (κ2) is 4.75. The molecule has 0 aliphatic rings. The van der Waals surface area contributed by atoms with E-state index in [-0.39, 0.29) is 27.7 Å². The van der Waals surface area contributed by atoms with Crippen molar-refractivity contribution in [2.75, 3.05) is 0 Å². The molecule has 0 heterocycles. The van der Waals surface area contributed by atoms with Crippen LogP contribution in [-0.4, -0.2) is 11.1 Å². The fourth-order valence-electron chi connectivity index (χ4n) is 1.52. The summed E-state index contributed by atoms with van der Waals surface area (Å²) in [4.78, 5) is 10.8. The van der Waals surface area contributed by atoms with Crippen LogP contribution in [0.1, 0.15) is 27.0 Å². The molecule has 3 heteroatoms. The predicted molar refractivity (Wildman–Crippen MR) is 47.6 cm³/mol. The van der Waals surface area contributed by atoms with Gasteiger partial charge in [0, 0.05) is 27.7 Å². The maximum atomic E-state index is 10.8. The van der Waals surface area contributed by atoms with Crippen molar-refractivity contribution in [2.24, 2.45) is 0 Å². The molecule has 1 aromatic rings.